The Morgan fingerprint density at radius 2 is 1.38 bits per heavy atom. The molecule has 4 rings (SSSR count). The van der Waals surface area contributed by atoms with Crippen LogP contribution in [0.3, 0.4) is 0 Å². The molecule has 0 amide bonds. The van der Waals surface area contributed by atoms with Crippen molar-refractivity contribution >= 4 is 18.5 Å². The minimum atomic E-state index is -0.460. The van der Waals surface area contributed by atoms with Crippen LogP contribution in [0.1, 0.15) is 24.1 Å². The van der Waals surface area contributed by atoms with Crippen molar-refractivity contribution in [3.8, 4) is 0 Å². The summed E-state index contributed by atoms with van der Waals surface area (Å²) in [5.41, 5.74) is 2.81. The number of aryl methyl sites for hydroxylation is 1. The van der Waals surface area contributed by atoms with Gasteiger partial charge in [-0.3, -0.25) is 4.79 Å². The van der Waals surface area contributed by atoms with Crippen molar-refractivity contribution in [1.82, 2.24) is 4.57 Å². The lowest BCUT2D eigenvalue weighted by Crippen LogP contribution is -2.28. The summed E-state index contributed by atoms with van der Waals surface area (Å²) < 4.78 is 2.05. The molecule has 1 aliphatic carbocycles. The maximum atomic E-state index is 12.5. The molecule has 3 heteroatoms. The molecule has 1 aliphatic rings. The molecule has 0 saturated carbocycles. The van der Waals surface area contributed by atoms with Crippen LogP contribution >= 0.6 is 7.92 Å². The van der Waals surface area contributed by atoms with E-state index >= 15 is 0 Å². The van der Waals surface area contributed by atoms with Gasteiger partial charge in [0.25, 0.3) is 5.56 Å². The van der Waals surface area contributed by atoms with Gasteiger partial charge in [-0.15, -0.1) is 0 Å². The highest BCUT2D eigenvalue weighted by Crippen LogP contribution is 2.33. The number of benzene rings is 2. The van der Waals surface area contributed by atoms with E-state index in [1.165, 1.54) is 34.7 Å². The van der Waals surface area contributed by atoms with E-state index in [-0.39, 0.29) is 5.56 Å². The molecule has 0 saturated heterocycles. The summed E-state index contributed by atoms with van der Waals surface area (Å²) in [6.45, 7) is 0.803. The maximum absolute atomic E-state index is 12.5. The number of aromatic nitrogens is 1. The first-order chi connectivity index (χ1) is 12.8. The molecule has 132 valence electrons. The van der Waals surface area contributed by atoms with E-state index in [9.17, 15) is 4.79 Å². The van der Waals surface area contributed by atoms with Crippen LogP contribution < -0.4 is 16.2 Å². The molecule has 0 unspecified atom stereocenters. The Morgan fingerprint density at radius 3 is 2.04 bits per heavy atom. The van der Waals surface area contributed by atoms with E-state index in [0.717, 1.165) is 25.5 Å². The quantitative estimate of drug-likeness (QED) is 0.633. The lowest BCUT2D eigenvalue weighted by molar-refractivity contribution is 0.593. The van der Waals surface area contributed by atoms with Crippen LogP contribution in [0.5, 0.6) is 0 Å². The lowest BCUT2D eigenvalue weighted by atomic mass is 9.96. The Kier molecular flexibility index (Phi) is 5.32. The zero-order valence-corrected chi connectivity index (χ0v) is 15.9. The summed E-state index contributed by atoms with van der Waals surface area (Å²) >= 11 is 0. The van der Waals surface area contributed by atoms with Gasteiger partial charge in [0.2, 0.25) is 0 Å². The largest absolute Gasteiger partial charge is 0.312 e. The average molecular weight is 361 g/mol. The van der Waals surface area contributed by atoms with Crippen molar-refractivity contribution in [2.45, 2.75) is 32.2 Å². The van der Waals surface area contributed by atoms with Gasteiger partial charge in [-0.25, -0.2) is 0 Å². The van der Waals surface area contributed by atoms with E-state index in [0.29, 0.717) is 0 Å². The van der Waals surface area contributed by atoms with Crippen molar-refractivity contribution in [2.24, 2.45) is 0 Å². The highest BCUT2D eigenvalue weighted by atomic mass is 31.1. The third-order valence-electron chi connectivity index (χ3n) is 5.18. The first kappa shape index (κ1) is 17.2. The van der Waals surface area contributed by atoms with Crippen LogP contribution in [0.15, 0.2) is 77.6 Å². The zero-order chi connectivity index (χ0) is 17.8. The minimum Gasteiger partial charge on any atom is -0.312 e. The van der Waals surface area contributed by atoms with E-state index in [1.54, 1.807) is 6.07 Å². The van der Waals surface area contributed by atoms with Crippen LogP contribution in [-0.4, -0.2) is 10.7 Å². The Labute approximate surface area is 156 Å². The van der Waals surface area contributed by atoms with Gasteiger partial charge in [0.15, 0.2) is 0 Å². The first-order valence-electron chi connectivity index (χ1n) is 9.42. The highest BCUT2D eigenvalue weighted by Gasteiger charge is 2.17. The topological polar surface area (TPSA) is 22.0 Å². The molecule has 1 heterocycles. The molecule has 3 aromatic rings. The molecule has 0 atom stereocenters. The first-order valence-corrected chi connectivity index (χ1v) is 10.9. The summed E-state index contributed by atoms with van der Waals surface area (Å²) in [6.07, 6.45) is 5.59. The predicted molar refractivity (Wildman–Crippen MR) is 111 cm³/mol. The van der Waals surface area contributed by atoms with Crippen LogP contribution in [0.2, 0.25) is 0 Å². The summed E-state index contributed by atoms with van der Waals surface area (Å²) in [5, 5.41) is 2.76. The van der Waals surface area contributed by atoms with Crippen LogP contribution in [0.25, 0.3) is 0 Å². The molecule has 1 aromatic heterocycles. The van der Waals surface area contributed by atoms with Gasteiger partial charge in [-0.2, -0.15) is 0 Å². The molecule has 0 N–H and O–H groups in total. The standard InChI is InChI=1S/C23H24NOP/c25-23-16-15-19-9-7-8-14-22(19)24(23)17-18-26(20-10-3-1-4-11-20)21-12-5-2-6-13-21/h1-6,10-13,15-16H,7-9,14,17-18H2. The fourth-order valence-corrected chi connectivity index (χ4v) is 6.14. The molecule has 0 bridgehead atoms. The summed E-state index contributed by atoms with van der Waals surface area (Å²) in [4.78, 5) is 12.5. The molecule has 0 radical (unpaired) electrons. The highest BCUT2D eigenvalue weighted by molar-refractivity contribution is 7.73. The minimum absolute atomic E-state index is 0.154. The van der Waals surface area contributed by atoms with Gasteiger partial charge in [-0.05, 0) is 55.9 Å². The van der Waals surface area contributed by atoms with Crippen molar-refractivity contribution in [2.75, 3.05) is 6.16 Å². The van der Waals surface area contributed by atoms with Gasteiger partial charge >= 0.3 is 0 Å². The fourth-order valence-electron chi connectivity index (χ4n) is 3.86. The molecule has 0 aliphatic heterocycles. The fraction of sp³-hybridized carbons (Fsp3) is 0.261. The molecule has 0 spiro atoms. The normalized spacial score (nSPS) is 13.6. The number of nitrogens with zero attached hydrogens (tertiary/aromatic N) is 1. The summed E-state index contributed by atoms with van der Waals surface area (Å²) in [7, 11) is -0.460. The molecular formula is C23H24NOP. The van der Waals surface area contributed by atoms with Crippen LogP contribution in [0, 0.1) is 0 Å². The second kappa shape index (κ2) is 8.01. The zero-order valence-electron chi connectivity index (χ0n) is 15.0. The third-order valence-corrected chi connectivity index (χ3v) is 7.67. The second-order valence-electron chi connectivity index (χ2n) is 6.82. The Balaban J connectivity index is 1.65. The number of pyridine rings is 1. The smallest absolute Gasteiger partial charge is 0.250 e. The monoisotopic (exact) mass is 361 g/mol. The SMILES string of the molecule is O=c1ccc2c(n1CCP(c1ccccc1)c1ccccc1)CCCC2. The molecule has 26 heavy (non-hydrogen) atoms. The number of rotatable bonds is 5. The Bertz CT molecular complexity index is 878. The predicted octanol–water partition coefficient (Wildman–Crippen LogP) is 3.86. The number of fused-ring (bicyclic) bond motifs is 1. The maximum Gasteiger partial charge on any atom is 0.250 e. The summed E-state index contributed by atoms with van der Waals surface area (Å²) in [5.74, 6) is 0. The van der Waals surface area contributed by atoms with E-state index in [1.807, 2.05) is 6.07 Å². The van der Waals surface area contributed by atoms with Crippen molar-refractivity contribution in [3.63, 3.8) is 0 Å². The van der Waals surface area contributed by atoms with Crippen LogP contribution in [-0.2, 0) is 19.4 Å². The lowest BCUT2D eigenvalue weighted by Gasteiger charge is -2.23. The van der Waals surface area contributed by atoms with E-state index in [2.05, 4.69) is 65.2 Å². The van der Waals surface area contributed by atoms with Crippen molar-refractivity contribution in [1.29, 1.82) is 0 Å². The van der Waals surface area contributed by atoms with Gasteiger partial charge in [0.1, 0.15) is 0 Å². The second-order valence-corrected chi connectivity index (χ2v) is 9.16. The molecule has 2 nitrogen and oxygen atoms in total. The van der Waals surface area contributed by atoms with Gasteiger partial charge < -0.3 is 4.57 Å². The van der Waals surface area contributed by atoms with Crippen LogP contribution in [0.4, 0.5) is 0 Å². The third kappa shape index (κ3) is 3.66. The number of hydrogen-bond donors (Lipinski definition) is 0. The molecule has 0 fully saturated rings. The number of hydrogen-bond acceptors (Lipinski definition) is 1. The molecular weight excluding hydrogens is 337 g/mol. The van der Waals surface area contributed by atoms with E-state index in [4.69, 9.17) is 0 Å². The Morgan fingerprint density at radius 1 is 0.769 bits per heavy atom. The van der Waals surface area contributed by atoms with E-state index < -0.39 is 7.92 Å². The van der Waals surface area contributed by atoms with Gasteiger partial charge in [0.05, 0.1) is 0 Å². The Hall–Kier alpha value is -2.18. The molecule has 2 aromatic carbocycles. The van der Waals surface area contributed by atoms with Crippen molar-refractivity contribution in [3.05, 3.63) is 94.4 Å². The van der Waals surface area contributed by atoms with Gasteiger partial charge in [0, 0.05) is 18.3 Å². The van der Waals surface area contributed by atoms with Crippen molar-refractivity contribution < 1.29 is 0 Å². The van der Waals surface area contributed by atoms with Gasteiger partial charge in [-0.1, -0.05) is 66.7 Å². The average Bonchev–Trinajstić information content (AvgIpc) is 2.71. The summed E-state index contributed by atoms with van der Waals surface area (Å²) in [6, 6.07) is 25.3.